The molecular weight excluding hydrogens is 220 g/mol. The summed E-state index contributed by atoms with van der Waals surface area (Å²) in [7, 11) is 2.12. The van der Waals surface area contributed by atoms with Crippen LogP contribution in [-0.2, 0) is 6.54 Å². The minimum absolute atomic E-state index is 0.300. The average molecular weight is 241 g/mol. The Morgan fingerprint density at radius 1 is 1.38 bits per heavy atom. The lowest BCUT2D eigenvalue weighted by Gasteiger charge is -2.17. The summed E-state index contributed by atoms with van der Waals surface area (Å²) in [5.74, 6) is 0. The summed E-state index contributed by atoms with van der Waals surface area (Å²) in [5.41, 5.74) is 6.90. The predicted octanol–water partition coefficient (Wildman–Crippen LogP) is 2.90. The van der Waals surface area contributed by atoms with Crippen molar-refractivity contribution in [3.05, 3.63) is 34.9 Å². The molecule has 2 nitrogen and oxygen atoms in total. The van der Waals surface area contributed by atoms with Gasteiger partial charge in [0.05, 0.1) is 0 Å². The van der Waals surface area contributed by atoms with Gasteiger partial charge in [-0.05, 0) is 45.0 Å². The summed E-state index contributed by atoms with van der Waals surface area (Å²) < 4.78 is 0. The number of benzene rings is 1. The molecule has 0 aliphatic rings. The Bertz CT molecular complexity index is 313. The first-order valence-corrected chi connectivity index (χ1v) is 6.15. The van der Waals surface area contributed by atoms with Gasteiger partial charge in [0.1, 0.15) is 0 Å². The van der Waals surface area contributed by atoms with Crippen molar-refractivity contribution in [1.29, 1.82) is 0 Å². The van der Waals surface area contributed by atoms with Crippen molar-refractivity contribution in [3.8, 4) is 0 Å². The van der Waals surface area contributed by atoms with E-state index >= 15 is 0 Å². The summed E-state index contributed by atoms with van der Waals surface area (Å²) >= 11 is 6.11. The van der Waals surface area contributed by atoms with E-state index in [1.54, 1.807) is 0 Å². The highest BCUT2D eigenvalue weighted by Gasteiger charge is 2.04. The van der Waals surface area contributed by atoms with Crippen molar-refractivity contribution < 1.29 is 0 Å². The molecule has 0 spiro atoms. The third-order valence-electron chi connectivity index (χ3n) is 2.60. The maximum atomic E-state index is 6.11. The first kappa shape index (κ1) is 13.5. The van der Waals surface area contributed by atoms with Gasteiger partial charge in [0.25, 0.3) is 0 Å². The van der Waals surface area contributed by atoms with Gasteiger partial charge in [0, 0.05) is 17.6 Å². The molecule has 0 aromatic heterocycles. The molecule has 1 atom stereocenters. The van der Waals surface area contributed by atoms with Gasteiger partial charge in [-0.2, -0.15) is 0 Å². The molecule has 0 radical (unpaired) electrons. The van der Waals surface area contributed by atoms with Gasteiger partial charge >= 0.3 is 0 Å². The first-order chi connectivity index (χ1) is 7.59. The fourth-order valence-electron chi connectivity index (χ4n) is 1.68. The Labute approximate surface area is 103 Å². The van der Waals surface area contributed by atoms with Crippen LogP contribution in [0.1, 0.15) is 25.3 Å². The van der Waals surface area contributed by atoms with Gasteiger partial charge in [0.15, 0.2) is 0 Å². The van der Waals surface area contributed by atoms with E-state index in [2.05, 4.69) is 18.0 Å². The summed E-state index contributed by atoms with van der Waals surface area (Å²) in [5, 5.41) is 0.849. The highest BCUT2D eigenvalue weighted by molar-refractivity contribution is 6.31. The highest BCUT2D eigenvalue weighted by Crippen LogP contribution is 2.16. The van der Waals surface area contributed by atoms with Crippen molar-refractivity contribution in [1.82, 2.24) is 4.90 Å². The summed E-state index contributed by atoms with van der Waals surface area (Å²) in [6.07, 6.45) is 2.21. The molecule has 0 aliphatic carbocycles. The molecule has 0 heterocycles. The molecule has 0 aliphatic heterocycles. The van der Waals surface area contributed by atoms with Gasteiger partial charge in [0.2, 0.25) is 0 Å². The van der Waals surface area contributed by atoms with Crippen molar-refractivity contribution in [2.45, 2.75) is 32.4 Å². The Morgan fingerprint density at radius 2 is 2.06 bits per heavy atom. The van der Waals surface area contributed by atoms with E-state index in [-0.39, 0.29) is 0 Å². The van der Waals surface area contributed by atoms with E-state index < -0.39 is 0 Å². The molecule has 16 heavy (non-hydrogen) atoms. The normalized spacial score (nSPS) is 13.1. The molecule has 1 aromatic rings. The summed E-state index contributed by atoms with van der Waals surface area (Å²) in [6, 6.07) is 8.30. The lowest BCUT2D eigenvalue weighted by molar-refractivity contribution is 0.315. The fraction of sp³-hybridized carbons (Fsp3) is 0.538. The minimum Gasteiger partial charge on any atom is -0.328 e. The number of nitrogens with two attached hydrogens (primary N) is 1. The third-order valence-corrected chi connectivity index (χ3v) is 2.97. The molecular formula is C13H21ClN2. The lowest BCUT2D eigenvalue weighted by atomic mass is 10.1. The summed E-state index contributed by atoms with van der Waals surface area (Å²) in [6.45, 7) is 4.01. The maximum Gasteiger partial charge on any atom is 0.0451 e. The number of halogens is 1. The van der Waals surface area contributed by atoms with Crippen LogP contribution in [0.2, 0.25) is 5.02 Å². The van der Waals surface area contributed by atoms with Crippen LogP contribution in [0, 0.1) is 0 Å². The topological polar surface area (TPSA) is 29.3 Å². The second-order valence-corrected chi connectivity index (χ2v) is 4.86. The Balaban J connectivity index is 2.34. The number of hydrogen-bond acceptors (Lipinski definition) is 2. The van der Waals surface area contributed by atoms with Gasteiger partial charge in [-0.3, -0.25) is 0 Å². The van der Waals surface area contributed by atoms with Crippen LogP contribution in [0.15, 0.2) is 24.3 Å². The zero-order valence-corrected chi connectivity index (χ0v) is 10.9. The van der Waals surface area contributed by atoms with Crippen LogP contribution in [0.4, 0.5) is 0 Å². The Hall–Kier alpha value is -0.570. The SMILES string of the molecule is CC(N)CCCN(C)Cc1ccccc1Cl. The van der Waals surface area contributed by atoms with Crippen molar-refractivity contribution in [2.75, 3.05) is 13.6 Å². The molecule has 0 amide bonds. The zero-order chi connectivity index (χ0) is 12.0. The first-order valence-electron chi connectivity index (χ1n) is 5.77. The standard InChI is InChI=1S/C13H21ClN2/c1-11(15)6-5-9-16(2)10-12-7-3-4-8-13(12)14/h3-4,7-8,11H,5-6,9-10,15H2,1-2H3. The lowest BCUT2D eigenvalue weighted by Crippen LogP contribution is -2.22. The molecule has 0 saturated carbocycles. The van der Waals surface area contributed by atoms with E-state index in [9.17, 15) is 0 Å². The quantitative estimate of drug-likeness (QED) is 0.829. The van der Waals surface area contributed by atoms with Crippen LogP contribution in [0.5, 0.6) is 0 Å². The van der Waals surface area contributed by atoms with Gasteiger partial charge in [-0.1, -0.05) is 29.8 Å². The van der Waals surface area contributed by atoms with Crippen molar-refractivity contribution in [2.24, 2.45) is 5.73 Å². The monoisotopic (exact) mass is 240 g/mol. The second kappa shape index (κ2) is 6.89. The molecule has 3 heteroatoms. The van der Waals surface area contributed by atoms with Gasteiger partial charge < -0.3 is 10.6 Å². The van der Waals surface area contributed by atoms with Crippen LogP contribution >= 0.6 is 11.6 Å². The minimum atomic E-state index is 0.300. The van der Waals surface area contributed by atoms with E-state index in [0.717, 1.165) is 31.0 Å². The van der Waals surface area contributed by atoms with Crippen LogP contribution in [0.25, 0.3) is 0 Å². The predicted molar refractivity (Wildman–Crippen MR) is 70.7 cm³/mol. The van der Waals surface area contributed by atoms with E-state index in [4.69, 9.17) is 17.3 Å². The van der Waals surface area contributed by atoms with E-state index in [1.807, 2.05) is 25.1 Å². The molecule has 1 rings (SSSR count). The smallest absolute Gasteiger partial charge is 0.0451 e. The second-order valence-electron chi connectivity index (χ2n) is 4.45. The van der Waals surface area contributed by atoms with Gasteiger partial charge in [-0.15, -0.1) is 0 Å². The van der Waals surface area contributed by atoms with Crippen molar-refractivity contribution >= 4 is 11.6 Å². The van der Waals surface area contributed by atoms with Crippen LogP contribution < -0.4 is 5.73 Å². The molecule has 0 bridgehead atoms. The Kier molecular flexibility index (Phi) is 5.81. The average Bonchev–Trinajstić information content (AvgIpc) is 2.21. The van der Waals surface area contributed by atoms with Crippen molar-refractivity contribution in [3.63, 3.8) is 0 Å². The third kappa shape index (κ3) is 4.97. The molecule has 0 saturated heterocycles. The number of rotatable bonds is 6. The highest BCUT2D eigenvalue weighted by atomic mass is 35.5. The zero-order valence-electron chi connectivity index (χ0n) is 10.1. The molecule has 1 aromatic carbocycles. The fourth-order valence-corrected chi connectivity index (χ4v) is 1.88. The van der Waals surface area contributed by atoms with Gasteiger partial charge in [-0.25, -0.2) is 0 Å². The largest absolute Gasteiger partial charge is 0.328 e. The number of nitrogens with zero attached hydrogens (tertiary/aromatic N) is 1. The summed E-state index contributed by atoms with van der Waals surface area (Å²) in [4.78, 5) is 2.28. The molecule has 1 unspecified atom stereocenters. The molecule has 2 N–H and O–H groups in total. The van der Waals surface area contributed by atoms with Crippen LogP contribution in [0.3, 0.4) is 0 Å². The Morgan fingerprint density at radius 3 is 2.69 bits per heavy atom. The number of hydrogen-bond donors (Lipinski definition) is 1. The van der Waals surface area contributed by atoms with E-state index in [0.29, 0.717) is 6.04 Å². The van der Waals surface area contributed by atoms with E-state index in [1.165, 1.54) is 5.56 Å². The maximum absolute atomic E-state index is 6.11. The molecule has 0 fully saturated rings. The van der Waals surface area contributed by atoms with Crippen LogP contribution in [-0.4, -0.2) is 24.5 Å². The molecule has 90 valence electrons.